The Labute approximate surface area is 174 Å². The monoisotopic (exact) mass is 406 g/mol. The number of imidazole rings is 1. The molecule has 4 rings (SSSR count). The molecule has 2 N–H and O–H groups in total. The van der Waals surface area contributed by atoms with E-state index in [1.807, 2.05) is 46.0 Å². The van der Waals surface area contributed by atoms with Crippen LogP contribution >= 0.6 is 0 Å². The van der Waals surface area contributed by atoms with Gasteiger partial charge < -0.3 is 15.0 Å². The molecular formula is C21H26N8O. The summed E-state index contributed by atoms with van der Waals surface area (Å²) >= 11 is 0. The molecule has 0 saturated heterocycles. The molecular weight excluding hydrogens is 380 g/mol. The van der Waals surface area contributed by atoms with Crippen LogP contribution in [0.2, 0.25) is 0 Å². The van der Waals surface area contributed by atoms with Gasteiger partial charge >= 0.3 is 0 Å². The molecule has 4 aromatic rings. The predicted octanol–water partition coefficient (Wildman–Crippen LogP) is 2.65. The van der Waals surface area contributed by atoms with Crippen molar-refractivity contribution >= 4 is 10.9 Å². The quantitative estimate of drug-likeness (QED) is 0.454. The van der Waals surface area contributed by atoms with Gasteiger partial charge in [0, 0.05) is 24.3 Å². The van der Waals surface area contributed by atoms with Crippen LogP contribution in [-0.4, -0.2) is 46.4 Å². The molecule has 30 heavy (non-hydrogen) atoms. The number of pyridine rings is 1. The van der Waals surface area contributed by atoms with Crippen LogP contribution in [0.15, 0.2) is 49.1 Å². The fourth-order valence-corrected chi connectivity index (χ4v) is 3.41. The Morgan fingerprint density at radius 3 is 2.80 bits per heavy atom. The zero-order valence-corrected chi connectivity index (χ0v) is 17.4. The van der Waals surface area contributed by atoms with Crippen LogP contribution in [-0.2, 0) is 12.1 Å². The lowest BCUT2D eigenvalue weighted by Crippen LogP contribution is -2.33. The minimum atomic E-state index is -0.314. The largest absolute Gasteiger partial charge is 0.506 e. The third-order valence-electron chi connectivity index (χ3n) is 4.90. The second-order valence-electron chi connectivity index (χ2n) is 8.25. The summed E-state index contributed by atoms with van der Waals surface area (Å²) in [5.74, 6) is 0.844. The number of hydrogen-bond acceptors (Lipinski definition) is 7. The fourth-order valence-electron chi connectivity index (χ4n) is 3.41. The van der Waals surface area contributed by atoms with Crippen molar-refractivity contribution in [2.75, 3.05) is 6.54 Å². The van der Waals surface area contributed by atoms with Gasteiger partial charge in [0.05, 0.1) is 17.6 Å². The van der Waals surface area contributed by atoms with Gasteiger partial charge in [0.15, 0.2) is 5.82 Å². The maximum absolute atomic E-state index is 10.3. The van der Waals surface area contributed by atoms with Crippen molar-refractivity contribution < 1.29 is 5.11 Å². The van der Waals surface area contributed by atoms with Crippen LogP contribution in [0.4, 0.5) is 0 Å². The van der Waals surface area contributed by atoms with Gasteiger partial charge in [-0.2, -0.15) is 0 Å². The standard InChI is InChI=1S/C21H26N8O/c1-21(2,3)29-20(25-26-27-29)19(23-10-5-12-28-13-11-22-14-28)16-9-8-15-6-4-7-17(30)18(15)24-16/h4,6-9,11,13-14,19,23,30H,5,10,12H2,1-3H3. The van der Waals surface area contributed by atoms with E-state index in [9.17, 15) is 5.11 Å². The van der Waals surface area contributed by atoms with E-state index < -0.39 is 0 Å². The number of rotatable bonds is 7. The molecule has 1 aromatic carbocycles. The summed E-state index contributed by atoms with van der Waals surface area (Å²) < 4.78 is 3.86. The number of tetrazole rings is 1. The number of phenols is 1. The molecule has 0 bridgehead atoms. The lowest BCUT2D eigenvalue weighted by Gasteiger charge is -2.24. The van der Waals surface area contributed by atoms with Gasteiger partial charge in [0.2, 0.25) is 0 Å². The van der Waals surface area contributed by atoms with E-state index in [2.05, 4.69) is 46.6 Å². The summed E-state index contributed by atoms with van der Waals surface area (Å²) in [6.07, 6.45) is 6.44. The molecule has 156 valence electrons. The van der Waals surface area contributed by atoms with Crippen molar-refractivity contribution in [2.24, 2.45) is 0 Å². The highest BCUT2D eigenvalue weighted by molar-refractivity contribution is 5.84. The maximum Gasteiger partial charge on any atom is 0.174 e. The predicted molar refractivity (Wildman–Crippen MR) is 113 cm³/mol. The topological polar surface area (TPSA) is 107 Å². The summed E-state index contributed by atoms with van der Waals surface area (Å²) in [5, 5.41) is 27.2. The Hall–Kier alpha value is -3.33. The van der Waals surface area contributed by atoms with Gasteiger partial charge in [-0.3, -0.25) is 0 Å². The number of phenolic OH excluding ortho intramolecular Hbond substituents is 1. The first-order valence-corrected chi connectivity index (χ1v) is 10.00. The SMILES string of the molecule is CC(C)(C)n1nnnc1C(NCCCn1ccnc1)c1ccc2cccc(O)c2n1. The molecule has 0 fully saturated rings. The number of hydrogen-bond donors (Lipinski definition) is 2. The molecule has 9 heteroatoms. The smallest absolute Gasteiger partial charge is 0.174 e. The molecule has 0 radical (unpaired) electrons. The van der Waals surface area contributed by atoms with Crippen LogP contribution in [0, 0.1) is 0 Å². The average Bonchev–Trinajstić information content (AvgIpc) is 3.40. The van der Waals surface area contributed by atoms with E-state index in [1.165, 1.54) is 0 Å². The number of aromatic hydroxyl groups is 1. The first kappa shape index (κ1) is 20.0. The Balaban J connectivity index is 1.65. The zero-order chi connectivity index (χ0) is 21.1. The van der Waals surface area contributed by atoms with E-state index in [1.54, 1.807) is 12.3 Å². The second kappa shape index (κ2) is 8.19. The van der Waals surface area contributed by atoms with Crippen molar-refractivity contribution in [2.45, 2.75) is 45.3 Å². The Morgan fingerprint density at radius 1 is 1.17 bits per heavy atom. The van der Waals surface area contributed by atoms with Gasteiger partial charge in [-0.05, 0) is 56.3 Å². The molecule has 1 atom stereocenters. The fraction of sp³-hybridized carbons (Fsp3) is 0.381. The summed E-state index contributed by atoms with van der Waals surface area (Å²) in [6, 6.07) is 8.99. The third kappa shape index (κ3) is 4.16. The molecule has 0 saturated carbocycles. The molecule has 0 spiro atoms. The van der Waals surface area contributed by atoms with Gasteiger partial charge in [-0.25, -0.2) is 14.6 Å². The van der Waals surface area contributed by atoms with Gasteiger partial charge in [0.25, 0.3) is 0 Å². The number of fused-ring (bicyclic) bond motifs is 1. The van der Waals surface area contributed by atoms with Gasteiger partial charge in [0.1, 0.15) is 17.3 Å². The molecule has 1 unspecified atom stereocenters. The average molecular weight is 406 g/mol. The Kier molecular flexibility index (Phi) is 5.45. The number of benzene rings is 1. The minimum Gasteiger partial charge on any atom is -0.506 e. The van der Waals surface area contributed by atoms with Crippen molar-refractivity contribution in [3.8, 4) is 5.75 Å². The van der Waals surface area contributed by atoms with E-state index in [-0.39, 0.29) is 17.3 Å². The highest BCUT2D eigenvalue weighted by atomic mass is 16.3. The van der Waals surface area contributed by atoms with Crippen LogP contribution in [0.25, 0.3) is 10.9 Å². The van der Waals surface area contributed by atoms with Crippen LogP contribution in [0.1, 0.15) is 44.8 Å². The van der Waals surface area contributed by atoms with Gasteiger partial charge in [-0.1, -0.05) is 18.2 Å². The van der Waals surface area contributed by atoms with E-state index >= 15 is 0 Å². The normalized spacial score (nSPS) is 13.0. The number of aryl methyl sites for hydroxylation is 1. The summed E-state index contributed by atoms with van der Waals surface area (Å²) in [5.41, 5.74) is 1.04. The number of nitrogens with zero attached hydrogens (tertiary/aromatic N) is 7. The second-order valence-corrected chi connectivity index (χ2v) is 8.25. The first-order valence-electron chi connectivity index (χ1n) is 10.00. The molecule has 0 amide bonds. The number of nitrogens with one attached hydrogen (secondary N) is 1. The van der Waals surface area contributed by atoms with Crippen LogP contribution in [0.5, 0.6) is 5.75 Å². The summed E-state index contributed by atoms with van der Waals surface area (Å²) in [6.45, 7) is 7.77. The lowest BCUT2D eigenvalue weighted by atomic mass is 10.1. The summed E-state index contributed by atoms with van der Waals surface area (Å²) in [4.78, 5) is 8.83. The molecule has 9 nitrogen and oxygen atoms in total. The number of para-hydroxylation sites is 1. The first-order chi connectivity index (χ1) is 14.4. The van der Waals surface area contributed by atoms with Crippen LogP contribution < -0.4 is 5.32 Å². The van der Waals surface area contributed by atoms with E-state index in [0.29, 0.717) is 11.3 Å². The Bertz CT molecular complexity index is 1110. The highest BCUT2D eigenvalue weighted by Crippen LogP contribution is 2.27. The lowest BCUT2D eigenvalue weighted by molar-refractivity contribution is 0.324. The van der Waals surface area contributed by atoms with Crippen molar-refractivity contribution in [3.05, 3.63) is 60.6 Å². The molecule has 3 aromatic heterocycles. The summed E-state index contributed by atoms with van der Waals surface area (Å²) in [7, 11) is 0. The maximum atomic E-state index is 10.3. The van der Waals surface area contributed by atoms with Crippen molar-refractivity contribution in [1.82, 2.24) is 40.1 Å². The molecule has 0 aliphatic carbocycles. The Morgan fingerprint density at radius 2 is 2.03 bits per heavy atom. The molecule has 0 aliphatic heterocycles. The van der Waals surface area contributed by atoms with E-state index in [0.717, 1.165) is 30.6 Å². The number of aromatic nitrogens is 7. The van der Waals surface area contributed by atoms with Crippen LogP contribution in [0.3, 0.4) is 0 Å². The molecule has 0 aliphatic rings. The molecule has 3 heterocycles. The minimum absolute atomic E-state index is 0.156. The van der Waals surface area contributed by atoms with Gasteiger partial charge in [-0.15, -0.1) is 5.10 Å². The third-order valence-corrected chi connectivity index (χ3v) is 4.90. The van der Waals surface area contributed by atoms with Crippen molar-refractivity contribution in [1.29, 1.82) is 0 Å². The van der Waals surface area contributed by atoms with Crippen molar-refractivity contribution in [3.63, 3.8) is 0 Å². The zero-order valence-electron chi connectivity index (χ0n) is 17.4. The van der Waals surface area contributed by atoms with E-state index in [4.69, 9.17) is 4.98 Å². The highest BCUT2D eigenvalue weighted by Gasteiger charge is 2.27.